The monoisotopic (exact) mass is 492 g/mol. The van der Waals surface area contributed by atoms with Crippen molar-refractivity contribution >= 4 is 15.7 Å². The van der Waals surface area contributed by atoms with Crippen molar-refractivity contribution in [2.24, 2.45) is 0 Å². The van der Waals surface area contributed by atoms with E-state index in [9.17, 15) is 18.4 Å². The van der Waals surface area contributed by atoms with Gasteiger partial charge in [0.25, 0.3) is 5.91 Å². The van der Waals surface area contributed by atoms with Gasteiger partial charge in [-0.1, -0.05) is 19.1 Å². The highest BCUT2D eigenvalue weighted by molar-refractivity contribution is 7.93. The molecule has 3 rings (SSSR count). The summed E-state index contributed by atoms with van der Waals surface area (Å²) in [5.74, 6) is 0.116. The Labute approximate surface area is 200 Å². The highest BCUT2D eigenvalue weighted by Crippen LogP contribution is 2.34. The lowest BCUT2D eigenvalue weighted by atomic mass is 9.95. The molecule has 0 bridgehead atoms. The van der Waals surface area contributed by atoms with Crippen molar-refractivity contribution in [2.75, 3.05) is 26.8 Å². The first-order chi connectivity index (χ1) is 16.3. The van der Waals surface area contributed by atoms with E-state index in [4.69, 9.17) is 14.2 Å². The highest BCUT2D eigenvalue weighted by atomic mass is 32.2. The van der Waals surface area contributed by atoms with Gasteiger partial charge in [0, 0.05) is 19.5 Å². The summed E-state index contributed by atoms with van der Waals surface area (Å²) in [7, 11) is -2.69. The molecule has 2 aromatic carbocycles. The molecule has 1 amide bonds. The van der Waals surface area contributed by atoms with E-state index < -0.39 is 20.5 Å². The number of benzene rings is 2. The van der Waals surface area contributed by atoms with Crippen molar-refractivity contribution in [1.82, 2.24) is 10.8 Å². The van der Waals surface area contributed by atoms with Gasteiger partial charge < -0.3 is 19.5 Å². The average Bonchev–Trinajstić information content (AvgIpc) is 2.88. The largest absolute Gasteiger partial charge is 0.497 e. The van der Waals surface area contributed by atoms with Crippen LogP contribution < -0.4 is 20.3 Å². The molecule has 3 atom stereocenters. The van der Waals surface area contributed by atoms with Crippen molar-refractivity contribution < 1.29 is 32.6 Å². The molecule has 0 aliphatic carbocycles. The number of carbonyl (C=O) groups is 1. The number of methoxy groups -OCH3 is 1. The Hall–Kier alpha value is -2.66. The molecule has 10 heteroatoms. The molecule has 1 aliphatic heterocycles. The lowest BCUT2D eigenvalue weighted by Gasteiger charge is -2.30. The van der Waals surface area contributed by atoms with Crippen molar-refractivity contribution in [3.05, 3.63) is 54.1 Å². The number of ether oxygens (including phenoxy) is 3. The summed E-state index contributed by atoms with van der Waals surface area (Å²) in [4.78, 5) is 12.8. The maximum absolute atomic E-state index is 13.6. The minimum atomic E-state index is -4.17. The zero-order valence-corrected chi connectivity index (χ0v) is 20.4. The zero-order chi connectivity index (χ0) is 24.8. The summed E-state index contributed by atoms with van der Waals surface area (Å²) in [6.45, 7) is 5.69. The van der Waals surface area contributed by atoms with Crippen LogP contribution in [0.5, 0.6) is 11.5 Å². The molecule has 1 heterocycles. The van der Waals surface area contributed by atoms with Gasteiger partial charge in [0.15, 0.2) is 14.6 Å². The number of hydroxylamine groups is 1. The van der Waals surface area contributed by atoms with Gasteiger partial charge in [-0.25, -0.2) is 13.9 Å². The molecule has 0 radical (unpaired) electrons. The van der Waals surface area contributed by atoms with E-state index in [2.05, 4.69) is 5.32 Å². The minimum absolute atomic E-state index is 0.0337. The molecule has 34 heavy (non-hydrogen) atoms. The van der Waals surface area contributed by atoms with Crippen molar-refractivity contribution in [1.29, 1.82) is 0 Å². The van der Waals surface area contributed by atoms with Gasteiger partial charge in [0.2, 0.25) is 0 Å². The number of nitrogens with one attached hydrogen (secondary N) is 2. The Bertz CT molecular complexity index is 1050. The Morgan fingerprint density at radius 3 is 2.38 bits per heavy atom. The first-order valence-corrected chi connectivity index (χ1v) is 12.7. The number of hydrogen-bond acceptors (Lipinski definition) is 8. The maximum Gasteiger partial charge on any atom is 0.265 e. The van der Waals surface area contributed by atoms with Gasteiger partial charge in [-0.3, -0.25) is 10.0 Å². The summed E-state index contributed by atoms with van der Waals surface area (Å²) >= 11 is 0. The number of hydrogen-bond donors (Lipinski definition) is 3. The van der Waals surface area contributed by atoms with Crippen LogP contribution in [0.1, 0.15) is 25.8 Å². The SMILES string of the molecule is CCC(Cc1ccc(OC(C)C2CNCCO2)cc1)(C(=O)NO)S(=O)(=O)c1ccc(OC)cc1. The summed E-state index contributed by atoms with van der Waals surface area (Å²) in [6, 6.07) is 12.7. The maximum atomic E-state index is 13.6. The van der Waals surface area contributed by atoms with E-state index in [-0.39, 0.29) is 29.9 Å². The van der Waals surface area contributed by atoms with Crippen LogP contribution >= 0.6 is 0 Å². The molecule has 3 unspecified atom stereocenters. The van der Waals surface area contributed by atoms with Crippen LogP contribution in [0.25, 0.3) is 0 Å². The predicted octanol–water partition coefficient (Wildman–Crippen LogP) is 2.12. The average molecular weight is 493 g/mol. The smallest absolute Gasteiger partial charge is 0.265 e. The van der Waals surface area contributed by atoms with Crippen LogP contribution in [0.4, 0.5) is 0 Å². The Kier molecular flexibility index (Phi) is 8.53. The first kappa shape index (κ1) is 26.0. The van der Waals surface area contributed by atoms with Gasteiger partial charge in [-0.15, -0.1) is 0 Å². The summed E-state index contributed by atoms with van der Waals surface area (Å²) < 4.78 is 42.1. The number of amides is 1. The molecule has 1 aliphatic rings. The van der Waals surface area contributed by atoms with Crippen LogP contribution in [-0.4, -0.2) is 63.3 Å². The Morgan fingerprint density at radius 2 is 1.85 bits per heavy atom. The molecule has 0 aromatic heterocycles. The fraction of sp³-hybridized carbons (Fsp3) is 0.458. The number of carbonyl (C=O) groups excluding carboxylic acids is 1. The Morgan fingerprint density at radius 1 is 1.21 bits per heavy atom. The minimum Gasteiger partial charge on any atom is -0.497 e. The molecular weight excluding hydrogens is 460 g/mol. The molecule has 1 saturated heterocycles. The van der Waals surface area contributed by atoms with Crippen LogP contribution in [-0.2, 0) is 25.8 Å². The van der Waals surface area contributed by atoms with Crippen LogP contribution in [0.2, 0.25) is 0 Å². The van der Waals surface area contributed by atoms with E-state index in [1.807, 2.05) is 6.92 Å². The molecule has 0 spiro atoms. The third-order valence-electron chi connectivity index (χ3n) is 6.19. The second-order valence-electron chi connectivity index (χ2n) is 8.22. The molecule has 9 nitrogen and oxygen atoms in total. The van der Waals surface area contributed by atoms with E-state index >= 15 is 0 Å². The van der Waals surface area contributed by atoms with Gasteiger partial charge in [-0.05, 0) is 55.3 Å². The van der Waals surface area contributed by atoms with Crippen LogP contribution in [0, 0.1) is 0 Å². The third-order valence-corrected chi connectivity index (χ3v) is 8.73. The molecule has 2 aromatic rings. The van der Waals surface area contributed by atoms with E-state index in [1.165, 1.54) is 31.4 Å². The summed E-state index contributed by atoms with van der Waals surface area (Å²) in [5, 5.41) is 12.7. The quantitative estimate of drug-likeness (QED) is 0.340. The van der Waals surface area contributed by atoms with E-state index in [0.29, 0.717) is 30.2 Å². The molecule has 3 N–H and O–H groups in total. The van der Waals surface area contributed by atoms with E-state index in [1.54, 1.807) is 36.7 Å². The topological polar surface area (TPSA) is 123 Å². The summed E-state index contributed by atoms with van der Waals surface area (Å²) in [6.07, 6.45) is -0.418. The zero-order valence-electron chi connectivity index (χ0n) is 19.6. The second-order valence-corrected chi connectivity index (χ2v) is 10.5. The predicted molar refractivity (Wildman–Crippen MR) is 126 cm³/mol. The molecule has 0 saturated carbocycles. The third kappa shape index (κ3) is 5.35. The number of morpholine rings is 1. The molecular formula is C24H32N2O7S. The number of sulfone groups is 1. The first-order valence-electron chi connectivity index (χ1n) is 11.2. The van der Waals surface area contributed by atoms with Crippen molar-refractivity contribution in [3.8, 4) is 11.5 Å². The highest BCUT2D eigenvalue weighted by Gasteiger charge is 2.50. The normalized spacial score (nSPS) is 19.0. The lowest BCUT2D eigenvalue weighted by Crippen LogP contribution is -2.53. The second kappa shape index (κ2) is 11.2. The van der Waals surface area contributed by atoms with Crippen molar-refractivity contribution in [2.45, 2.75) is 48.5 Å². The standard InChI is InChI=1S/C24H32N2O7S/c1-4-24(23(27)26-28,34(29,30)21-11-9-19(31-3)10-12-21)15-18-5-7-20(8-6-18)33-17(2)22-16-25-13-14-32-22/h5-12,17,22,25,28H,4,13-16H2,1-3H3,(H,26,27). The fourth-order valence-corrected chi connectivity index (χ4v) is 6.02. The van der Waals surface area contributed by atoms with Gasteiger partial charge in [0.05, 0.1) is 18.6 Å². The lowest BCUT2D eigenvalue weighted by molar-refractivity contribution is -0.132. The summed E-state index contributed by atoms with van der Waals surface area (Å²) in [5.41, 5.74) is 2.17. The van der Waals surface area contributed by atoms with Crippen molar-refractivity contribution in [3.63, 3.8) is 0 Å². The Balaban J connectivity index is 1.84. The number of rotatable bonds is 10. The van der Waals surface area contributed by atoms with Gasteiger partial charge in [-0.2, -0.15) is 0 Å². The fourth-order valence-electron chi connectivity index (χ4n) is 4.05. The van der Waals surface area contributed by atoms with Crippen LogP contribution in [0.15, 0.2) is 53.4 Å². The van der Waals surface area contributed by atoms with Gasteiger partial charge in [0.1, 0.15) is 23.7 Å². The van der Waals surface area contributed by atoms with Crippen LogP contribution in [0.3, 0.4) is 0 Å². The van der Waals surface area contributed by atoms with E-state index in [0.717, 1.165) is 6.54 Å². The molecule has 1 fully saturated rings. The van der Waals surface area contributed by atoms with Gasteiger partial charge >= 0.3 is 0 Å². The molecule has 186 valence electrons.